The SMILES string of the molecule is N#Cc1c(-c2cnc3cc(-c4ccccc4)nn3c2)c2cc(Cl)ccc2oc1=O. The van der Waals surface area contributed by atoms with Crippen LogP contribution < -0.4 is 5.63 Å². The number of hydrogen-bond donors (Lipinski definition) is 0. The Kier molecular flexibility index (Phi) is 3.90. The summed E-state index contributed by atoms with van der Waals surface area (Å²) in [5.41, 5.74) is 2.92. The molecule has 5 rings (SSSR count). The first-order chi connectivity index (χ1) is 14.1. The first kappa shape index (κ1) is 17.2. The van der Waals surface area contributed by atoms with E-state index in [4.69, 9.17) is 16.0 Å². The first-order valence-electron chi connectivity index (χ1n) is 8.72. The highest BCUT2D eigenvalue weighted by Gasteiger charge is 2.18. The minimum atomic E-state index is -0.706. The molecule has 0 unspecified atom stereocenters. The second kappa shape index (κ2) is 6.59. The van der Waals surface area contributed by atoms with Gasteiger partial charge in [0.1, 0.15) is 17.2 Å². The summed E-state index contributed by atoms with van der Waals surface area (Å²) in [6, 6.07) is 18.5. The molecule has 3 heterocycles. The smallest absolute Gasteiger partial charge is 0.354 e. The fourth-order valence-corrected chi connectivity index (χ4v) is 3.50. The van der Waals surface area contributed by atoms with Crippen LogP contribution in [-0.4, -0.2) is 14.6 Å². The van der Waals surface area contributed by atoms with Crippen molar-refractivity contribution in [2.45, 2.75) is 0 Å². The summed E-state index contributed by atoms with van der Waals surface area (Å²) in [4.78, 5) is 16.8. The minimum absolute atomic E-state index is 0.101. The third-order valence-electron chi connectivity index (χ3n) is 4.65. The number of fused-ring (bicyclic) bond motifs is 2. The Morgan fingerprint density at radius 1 is 1.07 bits per heavy atom. The quantitative estimate of drug-likeness (QED) is 0.402. The van der Waals surface area contributed by atoms with Crippen molar-refractivity contribution in [3.8, 4) is 28.5 Å². The molecule has 138 valence electrons. The Bertz CT molecular complexity index is 1500. The van der Waals surface area contributed by atoms with Crippen molar-refractivity contribution in [3.63, 3.8) is 0 Å². The fourth-order valence-electron chi connectivity index (χ4n) is 3.33. The van der Waals surface area contributed by atoms with Crippen molar-refractivity contribution in [1.29, 1.82) is 5.26 Å². The van der Waals surface area contributed by atoms with E-state index in [1.165, 1.54) is 0 Å². The minimum Gasteiger partial charge on any atom is -0.422 e. The predicted octanol–water partition coefficient (Wildman–Crippen LogP) is 4.69. The Balaban J connectivity index is 1.78. The summed E-state index contributed by atoms with van der Waals surface area (Å²) in [5, 5.41) is 15.2. The number of hydrogen-bond acceptors (Lipinski definition) is 5. The van der Waals surface area contributed by atoms with Crippen LogP contribution in [0.2, 0.25) is 5.02 Å². The summed E-state index contributed by atoms with van der Waals surface area (Å²) < 4.78 is 6.90. The standard InChI is InChI=1S/C22H11ClN4O2/c23-15-6-7-19-16(8-15)21(17(10-24)22(28)29-19)14-11-25-20-9-18(26-27(20)12-14)13-4-2-1-3-5-13/h1-9,11-12H. The van der Waals surface area contributed by atoms with Gasteiger partial charge in [-0.15, -0.1) is 0 Å². The van der Waals surface area contributed by atoms with E-state index in [-0.39, 0.29) is 5.56 Å². The van der Waals surface area contributed by atoms with E-state index >= 15 is 0 Å². The van der Waals surface area contributed by atoms with Crippen molar-refractivity contribution >= 4 is 28.2 Å². The van der Waals surface area contributed by atoms with E-state index in [2.05, 4.69) is 10.1 Å². The van der Waals surface area contributed by atoms with Gasteiger partial charge in [-0.25, -0.2) is 14.3 Å². The molecule has 0 aliphatic carbocycles. The van der Waals surface area contributed by atoms with Crippen LogP contribution in [0.25, 0.3) is 39.0 Å². The maximum Gasteiger partial charge on any atom is 0.354 e. The second-order valence-corrected chi connectivity index (χ2v) is 6.87. The van der Waals surface area contributed by atoms with Gasteiger partial charge in [-0.1, -0.05) is 41.9 Å². The molecule has 7 heteroatoms. The summed E-state index contributed by atoms with van der Waals surface area (Å²) in [6.45, 7) is 0. The summed E-state index contributed by atoms with van der Waals surface area (Å²) >= 11 is 6.14. The van der Waals surface area contributed by atoms with Crippen LogP contribution in [0.4, 0.5) is 0 Å². The van der Waals surface area contributed by atoms with Crippen LogP contribution in [-0.2, 0) is 0 Å². The highest BCUT2D eigenvalue weighted by molar-refractivity contribution is 6.31. The third-order valence-corrected chi connectivity index (χ3v) is 4.89. The van der Waals surface area contributed by atoms with Gasteiger partial charge in [0.2, 0.25) is 0 Å². The monoisotopic (exact) mass is 398 g/mol. The Morgan fingerprint density at radius 3 is 2.69 bits per heavy atom. The van der Waals surface area contributed by atoms with Crippen LogP contribution >= 0.6 is 11.6 Å². The molecule has 5 aromatic rings. The van der Waals surface area contributed by atoms with Crippen LogP contribution in [0.15, 0.2) is 76.2 Å². The van der Waals surface area contributed by atoms with E-state index in [0.717, 1.165) is 11.3 Å². The lowest BCUT2D eigenvalue weighted by molar-refractivity contribution is 0.559. The van der Waals surface area contributed by atoms with Crippen molar-refractivity contribution in [1.82, 2.24) is 14.6 Å². The van der Waals surface area contributed by atoms with Crippen LogP contribution in [0.1, 0.15) is 5.56 Å². The van der Waals surface area contributed by atoms with E-state index < -0.39 is 5.63 Å². The van der Waals surface area contributed by atoms with Gasteiger partial charge in [0.15, 0.2) is 5.65 Å². The molecule has 2 aromatic carbocycles. The Hall–Kier alpha value is -3.95. The Morgan fingerprint density at radius 2 is 1.90 bits per heavy atom. The second-order valence-electron chi connectivity index (χ2n) is 6.43. The molecular weight excluding hydrogens is 388 g/mol. The zero-order chi connectivity index (χ0) is 20.0. The maximum absolute atomic E-state index is 12.3. The lowest BCUT2D eigenvalue weighted by atomic mass is 10.00. The van der Waals surface area contributed by atoms with Crippen molar-refractivity contribution < 1.29 is 4.42 Å². The number of halogens is 1. The average Bonchev–Trinajstić information content (AvgIpc) is 3.17. The molecular formula is C22H11ClN4O2. The van der Waals surface area contributed by atoms with Gasteiger partial charge in [-0.05, 0) is 18.2 Å². The molecule has 0 atom stereocenters. The summed E-state index contributed by atoms with van der Waals surface area (Å²) in [7, 11) is 0. The summed E-state index contributed by atoms with van der Waals surface area (Å²) in [5.74, 6) is 0. The molecule has 0 spiro atoms. The van der Waals surface area contributed by atoms with Gasteiger partial charge in [0, 0.05) is 45.6 Å². The van der Waals surface area contributed by atoms with Crippen LogP contribution in [0.5, 0.6) is 0 Å². The lowest BCUT2D eigenvalue weighted by Crippen LogP contribution is -2.07. The highest BCUT2D eigenvalue weighted by Crippen LogP contribution is 2.32. The van der Waals surface area contributed by atoms with Crippen molar-refractivity contribution in [2.24, 2.45) is 0 Å². The number of benzene rings is 2. The zero-order valence-corrected chi connectivity index (χ0v) is 15.6. The van der Waals surface area contributed by atoms with Gasteiger partial charge in [-0.3, -0.25) is 0 Å². The summed E-state index contributed by atoms with van der Waals surface area (Å²) in [6.07, 6.45) is 3.35. The molecule has 0 saturated carbocycles. The van der Waals surface area contributed by atoms with Gasteiger partial charge in [0.05, 0.1) is 5.69 Å². The van der Waals surface area contributed by atoms with Crippen molar-refractivity contribution in [3.05, 3.63) is 88.0 Å². The van der Waals surface area contributed by atoms with E-state index in [0.29, 0.717) is 32.8 Å². The Labute approximate surface area is 169 Å². The molecule has 6 nitrogen and oxygen atoms in total. The molecule has 29 heavy (non-hydrogen) atoms. The van der Waals surface area contributed by atoms with Gasteiger partial charge < -0.3 is 4.42 Å². The molecule has 0 fully saturated rings. The van der Waals surface area contributed by atoms with Crippen LogP contribution in [0, 0.1) is 11.3 Å². The largest absolute Gasteiger partial charge is 0.422 e. The molecule has 0 aliphatic rings. The van der Waals surface area contributed by atoms with Gasteiger partial charge in [0.25, 0.3) is 0 Å². The first-order valence-corrected chi connectivity index (χ1v) is 9.09. The molecule has 0 amide bonds. The topological polar surface area (TPSA) is 84.2 Å². The fraction of sp³-hybridized carbons (Fsp3) is 0. The third kappa shape index (κ3) is 2.85. The predicted molar refractivity (Wildman–Crippen MR) is 110 cm³/mol. The normalized spacial score (nSPS) is 11.0. The molecule has 0 saturated heterocycles. The number of nitriles is 1. The average molecular weight is 399 g/mol. The van der Waals surface area contributed by atoms with E-state index in [1.807, 2.05) is 42.5 Å². The molecule has 0 N–H and O–H groups in total. The number of rotatable bonds is 2. The molecule has 0 bridgehead atoms. The van der Waals surface area contributed by atoms with E-state index in [1.54, 1.807) is 35.1 Å². The molecule has 0 aliphatic heterocycles. The van der Waals surface area contributed by atoms with Gasteiger partial charge >= 0.3 is 5.63 Å². The molecule has 3 aromatic heterocycles. The molecule has 0 radical (unpaired) electrons. The zero-order valence-electron chi connectivity index (χ0n) is 14.8. The number of nitrogens with zero attached hydrogens (tertiary/aromatic N) is 4. The van der Waals surface area contributed by atoms with Crippen molar-refractivity contribution in [2.75, 3.05) is 0 Å². The van der Waals surface area contributed by atoms with E-state index in [9.17, 15) is 10.1 Å². The maximum atomic E-state index is 12.3. The lowest BCUT2D eigenvalue weighted by Gasteiger charge is -2.08. The number of aromatic nitrogens is 3. The van der Waals surface area contributed by atoms with Crippen LogP contribution in [0.3, 0.4) is 0 Å². The highest BCUT2D eigenvalue weighted by atomic mass is 35.5. The van der Waals surface area contributed by atoms with Gasteiger partial charge in [-0.2, -0.15) is 10.4 Å².